The molecule has 18 heavy (non-hydrogen) atoms. The Morgan fingerprint density at radius 1 is 1.33 bits per heavy atom. The molecule has 6 heteroatoms. The molecule has 2 unspecified atom stereocenters. The third-order valence-corrected chi connectivity index (χ3v) is 4.16. The molecule has 100 valence electrons. The molecule has 0 spiro atoms. The van der Waals surface area contributed by atoms with Gasteiger partial charge in [-0.15, -0.1) is 0 Å². The van der Waals surface area contributed by atoms with Gasteiger partial charge >= 0.3 is 0 Å². The van der Waals surface area contributed by atoms with Crippen molar-refractivity contribution in [1.82, 2.24) is 5.32 Å². The molecule has 5 nitrogen and oxygen atoms in total. The molecule has 0 heterocycles. The fraction of sp³-hybridized carbons (Fsp3) is 0.417. The van der Waals surface area contributed by atoms with Gasteiger partial charge in [0, 0.05) is 12.8 Å². The number of amides is 1. The Morgan fingerprint density at radius 3 is 2.39 bits per heavy atom. The molecule has 0 aliphatic carbocycles. The lowest BCUT2D eigenvalue weighted by atomic mass is 10.1. The largest absolute Gasteiger partial charge is 0.387 e. The molecule has 1 aromatic rings. The first-order valence-corrected chi connectivity index (χ1v) is 7.47. The fourth-order valence-corrected chi connectivity index (χ4v) is 1.80. The minimum atomic E-state index is -3.41. The van der Waals surface area contributed by atoms with Crippen LogP contribution in [0.25, 0.3) is 0 Å². The van der Waals surface area contributed by atoms with Crippen LogP contribution in [0.3, 0.4) is 0 Å². The third-order valence-electron chi connectivity index (χ3n) is 2.67. The van der Waals surface area contributed by atoms with Gasteiger partial charge in [-0.25, -0.2) is 8.42 Å². The Labute approximate surface area is 107 Å². The Morgan fingerprint density at radius 2 is 1.89 bits per heavy atom. The molecule has 1 aromatic carbocycles. The van der Waals surface area contributed by atoms with E-state index in [0.717, 1.165) is 6.26 Å². The summed E-state index contributed by atoms with van der Waals surface area (Å²) in [6, 6.07) is 8.84. The maximum atomic E-state index is 11.5. The average Bonchev–Trinajstić information content (AvgIpc) is 2.34. The van der Waals surface area contributed by atoms with Crippen molar-refractivity contribution in [2.45, 2.75) is 18.3 Å². The predicted molar refractivity (Wildman–Crippen MR) is 68.7 cm³/mol. The number of nitrogens with one attached hydrogen (secondary N) is 1. The molecule has 2 atom stereocenters. The standard InChI is InChI=1S/C12H17NO4S/c1-9(18(2,16)17)12(15)13-8-11(14)10-6-4-3-5-7-10/h3-7,9,11,14H,8H2,1-2H3,(H,13,15). The predicted octanol–water partition coefficient (Wildman–Crippen LogP) is 0.269. The third kappa shape index (κ3) is 4.12. The number of hydrogen-bond acceptors (Lipinski definition) is 4. The van der Waals surface area contributed by atoms with E-state index in [2.05, 4.69) is 5.32 Å². The van der Waals surface area contributed by atoms with Gasteiger partial charge in [0.1, 0.15) is 5.25 Å². The van der Waals surface area contributed by atoms with Crippen LogP contribution in [0.1, 0.15) is 18.6 Å². The number of hydrogen-bond donors (Lipinski definition) is 2. The molecule has 0 saturated heterocycles. The zero-order valence-corrected chi connectivity index (χ0v) is 11.1. The van der Waals surface area contributed by atoms with Crippen molar-refractivity contribution in [2.24, 2.45) is 0 Å². The van der Waals surface area contributed by atoms with Crippen LogP contribution in [-0.4, -0.2) is 37.5 Å². The Bertz CT molecular complexity index is 498. The van der Waals surface area contributed by atoms with Crippen LogP contribution >= 0.6 is 0 Å². The number of carbonyl (C=O) groups excluding carboxylic acids is 1. The van der Waals surface area contributed by atoms with Gasteiger partial charge in [0.2, 0.25) is 5.91 Å². The summed E-state index contributed by atoms with van der Waals surface area (Å²) in [6.07, 6.45) is 0.159. The van der Waals surface area contributed by atoms with Crippen LogP contribution in [0, 0.1) is 0 Å². The van der Waals surface area contributed by atoms with E-state index >= 15 is 0 Å². The summed E-state index contributed by atoms with van der Waals surface area (Å²) in [5.41, 5.74) is 0.671. The normalized spacial score (nSPS) is 14.8. The van der Waals surface area contributed by atoms with Gasteiger partial charge < -0.3 is 10.4 Å². The number of benzene rings is 1. The highest BCUT2D eigenvalue weighted by molar-refractivity contribution is 7.92. The molecule has 0 fully saturated rings. The molecule has 0 aromatic heterocycles. The Kier molecular flexibility index (Phi) is 4.86. The molecule has 0 aliphatic heterocycles. The quantitative estimate of drug-likeness (QED) is 0.805. The first-order valence-electron chi connectivity index (χ1n) is 5.52. The smallest absolute Gasteiger partial charge is 0.238 e. The monoisotopic (exact) mass is 271 g/mol. The lowest BCUT2D eigenvalue weighted by Crippen LogP contribution is -2.39. The highest BCUT2D eigenvalue weighted by atomic mass is 32.2. The summed E-state index contributed by atoms with van der Waals surface area (Å²) in [5, 5.41) is 11.1. The van der Waals surface area contributed by atoms with Gasteiger partial charge in [-0.05, 0) is 12.5 Å². The van der Waals surface area contributed by atoms with Gasteiger partial charge in [0.05, 0.1) is 6.10 Å². The summed E-state index contributed by atoms with van der Waals surface area (Å²) in [4.78, 5) is 11.5. The van der Waals surface area contributed by atoms with Gasteiger partial charge in [0.15, 0.2) is 9.84 Å². The van der Waals surface area contributed by atoms with Crippen LogP contribution in [0.15, 0.2) is 30.3 Å². The molecule has 1 amide bonds. The number of rotatable bonds is 5. The summed E-state index contributed by atoms with van der Waals surface area (Å²) < 4.78 is 22.3. The second-order valence-corrected chi connectivity index (χ2v) is 6.51. The van der Waals surface area contributed by atoms with Crippen LogP contribution in [0.2, 0.25) is 0 Å². The second kappa shape index (κ2) is 5.97. The van der Waals surface area contributed by atoms with Crippen molar-refractivity contribution in [3.8, 4) is 0 Å². The maximum Gasteiger partial charge on any atom is 0.238 e. The molecular weight excluding hydrogens is 254 g/mol. The van der Waals surface area contributed by atoms with Gasteiger partial charge in [0.25, 0.3) is 0 Å². The zero-order valence-electron chi connectivity index (χ0n) is 10.3. The van der Waals surface area contributed by atoms with Crippen LogP contribution in [0.5, 0.6) is 0 Å². The van der Waals surface area contributed by atoms with Crippen molar-refractivity contribution in [2.75, 3.05) is 12.8 Å². The van der Waals surface area contributed by atoms with Crippen molar-refractivity contribution >= 4 is 15.7 Å². The van der Waals surface area contributed by atoms with Gasteiger partial charge in [-0.1, -0.05) is 30.3 Å². The van der Waals surface area contributed by atoms with E-state index in [4.69, 9.17) is 0 Å². The Balaban J connectivity index is 2.54. The lowest BCUT2D eigenvalue weighted by Gasteiger charge is -2.14. The van der Waals surface area contributed by atoms with E-state index in [0.29, 0.717) is 5.56 Å². The van der Waals surface area contributed by atoms with Crippen LogP contribution in [0.4, 0.5) is 0 Å². The first kappa shape index (κ1) is 14.7. The number of carbonyl (C=O) groups is 1. The topological polar surface area (TPSA) is 83.5 Å². The van der Waals surface area contributed by atoms with Crippen LogP contribution in [-0.2, 0) is 14.6 Å². The summed E-state index contributed by atoms with van der Waals surface area (Å²) in [7, 11) is -3.41. The fourth-order valence-electron chi connectivity index (χ4n) is 1.33. The second-order valence-electron chi connectivity index (χ2n) is 4.14. The highest BCUT2D eigenvalue weighted by Crippen LogP contribution is 2.10. The number of aliphatic hydroxyl groups excluding tert-OH is 1. The summed E-state index contributed by atoms with van der Waals surface area (Å²) >= 11 is 0. The van der Waals surface area contributed by atoms with Gasteiger partial charge in [-0.2, -0.15) is 0 Å². The molecule has 2 N–H and O–H groups in total. The SMILES string of the molecule is CC(C(=O)NCC(O)c1ccccc1)S(C)(=O)=O. The van der Waals surface area contributed by atoms with Gasteiger partial charge in [-0.3, -0.25) is 4.79 Å². The Hall–Kier alpha value is -1.40. The minimum Gasteiger partial charge on any atom is -0.387 e. The molecule has 0 radical (unpaired) electrons. The number of sulfone groups is 1. The molecular formula is C12H17NO4S. The van der Waals surface area contributed by atoms with E-state index in [-0.39, 0.29) is 6.54 Å². The zero-order chi connectivity index (χ0) is 13.8. The van der Waals surface area contributed by atoms with E-state index in [1.54, 1.807) is 24.3 Å². The molecule has 0 aliphatic rings. The molecule has 0 bridgehead atoms. The van der Waals surface area contributed by atoms with Crippen molar-refractivity contribution in [1.29, 1.82) is 0 Å². The minimum absolute atomic E-state index is 0.0112. The van der Waals surface area contributed by atoms with E-state index in [9.17, 15) is 18.3 Å². The van der Waals surface area contributed by atoms with E-state index < -0.39 is 27.1 Å². The maximum absolute atomic E-state index is 11.5. The average molecular weight is 271 g/mol. The summed E-state index contributed by atoms with van der Waals surface area (Å²) in [6.45, 7) is 1.31. The van der Waals surface area contributed by atoms with Crippen LogP contribution < -0.4 is 5.32 Å². The van der Waals surface area contributed by atoms with Crippen molar-refractivity contribution in [3.63, 3.8) is 0 Å². The summed E-state index contributed by atoms with van der Waals surface area (Å²) in [5.74, 6) is -0.604. The highest BCUT2D eigenvalue weighted by Gasteiger charge is 2.23. The van der Waals surface area contributed by atoms with E-state index in [1.807, 2.05) is 6.07 Å². The van der Waals surface area contributed by atoms with Crippen molar-refractivity contribution in [3.05, 3.63) is 35.9 Å². The molecule has 1 rings (SSSR count). The molecule has 0 saturated carbocycles. The number of aliphatic hydroxyl groups is 1. The first-order chi connectivity index (χ1) is 8.32. The van der Waals surface area contributed by atoms with Crippen molar-refractivity contribution < 1.29 is 18.3 Å². The lowest BCUT2D eigenvalue weighted by molar-refractivity contribution is -0.120. The van der Waals surface area contributed by atoms with E-state index in [1.165, 1.54) is 6.92 Å².